The summed E-state index contributed by atoms with van der Waals surface area (Å²) in [4.78, 5) is 29.1. The molecule has 0 aliphatic carbocycles. The van der Waals surface area contributed by atoms with Crippen LogP contribution in [0.1, 0.15) is 41.9 Å². The van der Waals surface area contributed by atoms with Crippen molar-refractivity contribution in [2.24, 2.45) is 0 Å². The van der Waals surface area contributed by atoms with E-state index in [2.05, 4.69) is 4.98 Å². The highest BCUT2D eigenvalue weighted by molar-refractivity contribution is 6.04. The van der Waals surface area contributed by atoms with Crippen molar-refractivity contribution in [2.75, 3.05) is 6.61 Å². The maximum absolute atomic E-state index is 12.8. The Labute approximate surface area is 170 Å². The molecule has 0 saturated carbocycles. The Hall–Kier alpha value is -3.47. The van der Waals surface area contributed by atoms with Crippen molar-refractivity contribution in [1.29, 1.82) is 0 Å². The second-order valence-corrected chi connectivity index (χ2v) is 6.58. The lowest BCUT2D eigenvalue weighted by molar-refractivity contribution is -0.145. The van der Waals surface area contributed by atoms with Crippen molar-refractivity contribution in [3.05, 3.63) is 77.5 Å². The molecule has 148 valence electrons. The van der Waals surface area contributed by atoms with Gasteiger partial charge in [0, 0.05) is 5.39 Å². The highest BCUT2D eigenvalue weighted by Gasteiger charge is 2.19. The third-order valence-corrected chi connectivity index (χ3v) is 4.27. The first kappa shape index (κ1) is 20.3. The Balaban J connectivity index is 1.86. The van der Waals surface area contributed by atoms with Crippen LogP contribution in [0.2, 0.25) is 0 Å². The van der Waals surface area contributed by atoms with Gasteiger partial charge in [0.05, 0.1) is 29.8 Å². The van der Waals surface area contributed by atoms with Gasteiger partial charge in [0.1, 0.15) is 6.10 Å². The highest BCUT2D eigenvalue weighted by atomic mass is 16.6. The van der Waals surface area contributed by atoms with Crippen LogP contribution in [0.25, 0.3) is 23.1 Å². The topological polar surface area (TPSA) is 65.5 Å². The SMILES string of the molecule is CCOC(=O)CC(C)OC(=O)c1cc(C=Cc2ccccc2)nc2ccccc12. The first-order valence-corrected chi connectivity index (χ1v) is 9.56. The number of aromatic nitrogens is 1. The number of fused-ring (bicyclic) bond motifs is 1. The van der Waals surface area contributed by atoms with Gasteiger partial charge in [-0.3, -0.25) is 4.79 Å². The molecule has 0 fully saturated rings. The fraction of sp³-hybridized carbons (Fsp3) is 0.208. The van der Waals surface area contributed by atoms with Gasteiger partial charge in [-0.1, -0.05) is 54.6 Å². The molecule has 1 heterocycles. The van der Waals surface area contributed by atoms with Gasteiger partial charge in [-0.2, -0.15) is 0 Å². The number of hydrogen-bond donors (Lipinski definition) is 0. The molecule has 2 aromatic carbocycles. The molecule has 1 unspecified atom stereocenters. The summed E-state index contributed by atoms with van der Waals surface area (Å²) in [7, 11) is 0. The Morgan fingerprint density at radius 3 is 2.52 bits per heavy atom. The number of hydrogen-bond acceptors (Lipinski definition) is 5. The van der Waals surface area contributed by atoms with E-state index in [9.17, 15) is 9.59 Å². The molecule has 29 heavy (non-hydrogen) atoms. The van der Waals surface area contributed by atoms with Crippen LogP contribution in [0.15, 0.2) is 60.7 Å². The van der Waals surface area contributed by atoms with Crippen molar-refractivity contribution in [1.82, 2.24) is 4.98 Å². The van der Waals surface area contributed by atoms with E-state index in [0.29, 0.717) is 28.8 Å². The maximum atomic E-state index is 12.8. The van der Waals surface area contributed by atoms with Crippen LogP contribution in [0.3, 0.4) is 0 Å². The van der Waals surface area contributed by atoms with E-state index < -0.39 is 12.1 Å². The first-order chi connectivity index (χ1) is 14.1. The number of carbonyl (C=O) groups is 2. The molecule has 0 amide bonds. The van der Waals surface area contributed by atoms with Crippen LogP contribution in [0, 0.1) is 0 Å². The summed E-state index contributed by atoms with van der Waals surface area (Å²) in [6.45, 7) is 3.71. The second-order valence-electron chi connectivity index (χ2n) is 6.58. The van der Waals surface area contributed by atoms with Crippen molar-refractivity contribution in [3.8, 4) is 0 Å². The van der Waals surface area contributed by atoms with E-state index in [4.69, 9.17) is 9.47 Å². The molecule has 3 rings (SSSR count). The van der Waals surface area contributed by atoms with E-state index in [1.807, 2.05) is 66.7 Å². The van der Waals surface area contributed by atoms with Gasteiger partial charge < -0.3 is 9.47 Å². The van der Waals surface area contributed by atoms with Crippen LogP contribution < -0.4 is 0 Å². The minimum atomic E-state index is -0.586. The zero-order valence-corrected chi connectivity index (χ0v) is 16.5. The largest absolute Gasteiger partial charge is 0.466 e. The van der Waals surface area contributed by atoms with Gasteiger partial charge in [0.2, 0.25) is 0 Å². The van der Waals surface area contributed by atoms with Crippen LogP contribution in [0.5, 0.6) is 0 Å². The summed E-state index contributed by atoms with van der Waals surface area (Å²) in [6.07, 6.45) is 3.23. The zero-order chi connectivity index (χ0) is 20.6. The molecule has 5 heteroatoms. The lowest BCUT2D eigenvalue weighted by Gasteiger charge is -2.14. The smallest absolute Gasteiger partial charge is 0.339 e. The van der Waals surface area contributed by atoms with Crippen molar-refractivity contribution in [3.63, 3.8) is 0 Å². The molecular weight excluding hydrogens is 366 g/mol. The molecule has 0 spiro atoms. The molecule has 0 N–H and O–H groups in total. The van der Waals surface area contributed by atoms with Gasteiger partial charge in [-0.25, -0.2) is 9.78 Å². The Kier molecular flexibility index (Phi) is 6.74. The monoisotopic (exact) mass is 389 g/mol. The standard InChI is InChI=1S/C24H23NO4/c1-3-28-23(26)15-17(2)29-24(27)21-16-19(14-13-18-9-5-4-6-10-18)25-22-12-8-7-11-20(21)22/h4-14,16-17H,3,15H2,1-2H3. The fourth-order valence-electron chi connectivity index (χ4n) is 2.94. The number of ether oxygens (including phenoxy) is 2. The summed E-state index contributed by atoms with van der Waals surface area (Å²) in [5.41, 5.74) is 2.80. The van der Waals surface area contributed by atoms with Crippen molar-refractivity contribution < 1.29 is 19.1 Å². The number of pyridine rings is 1. The van der Waals surface area contributed by atoms with E-state index in [0.717, 1.165) is 5.56 Å². The predicted molar refractivity (Wildman–Crippen MR) is 113 cm³/mol. The maximum Gasteiger partial charge on any atom is 0.339 e. The minimum absolute atomic E-state index is 0.0172. The zero-order valence-electron chi connectivity index (χ0n) is 16.5. The lowest BCUT2D eigenvalue weighted by atomic mass is 10.1. The fourth-order valence-corrected chi connectivity index (χ4v) is 2.94. The van der Waals surface area contributed by atoms with E-state index in [-0.39, 0.29) is 12.4 Å². The molecule has 0 aliphatic heterocycles. The van der Waals surface area contributed by atoms with Gasteiger partial charge >= 0.3 is 11.9 Å². The Morgan fingerprint density at radius 1 is 1.03 bits per heavy atom. The molecular formula is C24H23NO4. The van der Waals surface area contributed by atoms with Crippen molar-refractivity contribution >= 4 is 35.0 Å². The summed E-state index contributed by atoms with van der Waals surface area (Å²) in [5, 5.41) is 0.706. The number of rotatable bonds is 7. The van der Waals surface area contributed by atoms with E-state index in [1.54, 1.807) is 19.9 Å². The normalized spacial score (nSPS) is 12.1. The number of carbonyl (C=O) groups excluding carboxylic acids is 2. The molecule has 3 aromatic rings. The third kappa shape index (κ3) is 5.51. The Morgan fingerprint density at radius 2 is 1.76 bits per heavy atom. The van der Waals surface area contributed by atoms with Gasteiger partial charge in [0.25, 0.3) is 0 Å². The second kappa shape index (κ2) is 9.64. The molecule has 1 atom stereocenters. The number of esters is 2. The van der Waals surface area contributed by atoms with Gasteiger partial charge in [-0.05, 0) is 37.6 Å². The summed E-state index contributed by atoms with van der Waals surface area (Å²) in [5.74, 6) is -0.881. The van der Waals surface area contributed by atoms with E-state index >= 15 is 0 Å². The summed E-state index contributed by atoms with van der Waals surface area (Å²) >= 11 is 0. The van der Waals surface area contributed by atoms with Crippen LogP contribution in [-0.4, -0.2) is 29.6 Å². The molecule has 0 aliphatic rings. The number of para-hydroxylation sites is 1. The highest BCUT2D eigenvalue weighted by Crippen LogP contribution is 2.21. The molecule has 1 aromatic heterocycles. The number of benzene rings is 2. The average Bonchev–Trinajstić information content (AvgIpc) is 2.72. The summed E-state index contributed by atoms with van der Waals surface area (Å²) < 4.78 is 10.4. The first-order valence-electron chi connectivity index (χ1n) is 9.56. The third-order valence-electron chi connectivity index (χ3n) is 4.27. The summed E-state index contributed by atoms with van der Waals surface area (Å²) in [6, 6.07) is 19.0. The molecule has 0 radical (unpaired) electrons. The van der Waals surface area contributed by atoms with Gasteiger partial charge in [-0.15, -0.1) is 0 Å². The Bertz CT molecular complexity index is 1030. The lowest BCUT2D eigenvalue weighted by Crippen LogP contribution is -2.20. The number of nitrogens with zero attached hydrogens (tertiary/aromatic N) is 1. The molecule has 5 nitrogen and oxygen atoms in total. The minimum Gasteiger partial charge on any atom is -0.466 e. The average molecular weight is 389 g/mol. The van der Waals surface area contributed by atoms with Gasteiger partial charge in [0.15, 0.2) is 0 Å². The van der Waals surface area contributed by atoms with Crippen LogP contribution in [-0.2, 0) is 14.3 Å². The van der Waals surface area contributed by atoms with E-state index in [1.165, 1.54) is 0 Å². The van der Waals surface area contributed by atoms with Crippen molar-refractivity contribution in [2.45, 2.75) is 26.4 Å². The predicted octanol–water partition coefficient (Wildman–Crippen LogP) is 4.90. The quantitative estimate of drug-likeness (QED) is 0.538. The molecule has 0 bridgehead atoms. The van der Waals surface area contributed by atoms with Crippen LogP contribution >= 0.6 is 0 Å². The van der Waals surface area contributed by atoms with Crippen LogP contribution in [0.4, 0.5) is 0 Å². The molecule has 0 saturated heterocycles.